The predicted molar refractivity (Wildman–Crippen MR) is 87.9 cm³/mol. The van der Waals surface area contributed by atoms with Crippen LogP contribution >= 0.6 is 0 Å². The largest absolute Gasteiger partial charge is 0.339 e. The van der Waals surface area contributed by atoms with Crippen molar-refractivity contribution in [2.45, 2.75) is 13.8 Å². The molecule has 0 aliphatic carbocycles. The molecule has 1 aromatic carbocycles. The number of rotatable bonds is 4. The zero-order valence-corrected chi connectivity index (χ0v) is 13.7. The molecule has 23 heavy (non-hydrogen) atoms. The van der Waals surface area contributed by atoms with Crippen molar-refractivity contribution in [1.29, 1.82) is 5.26 Å². The maximum atomic E-state index is 12.5. The van der Waals surface area contributed by atoms with Crippen LogP contribution in [0.5, 0.6) is 0 Å². The highest BCUT2D eigenvalue weighted by molar-refractivity contribution is 5.98. The molecule has 6 nitrogen and oxygen atoms in total. The summed E-state index contributed by atoms with van der Waals surface area (Å²) in [7, 11) is 0. The molecule has 1 aliphatic rings. The summed E-state index contributed by atoms with van der Waals surface area (Å²) in [6.07, 6.45) is 0. The number of piperazine rings is 1. The maximum Gasteiger partial charge on any atom is 0.242 e. The van der Waals surface area contributed by atoms with Gasteiger partial charge in [0.15, 0.2) is 0 Å². The van der Waals surface area contributed by atoms with Crippen molar-refractivity contribution in [2.24, 2.45) is 0 Å². The van der Waals surface area contributed by atoms with Crippen molar-refractivity contribution in [2.75, 3.05) is 44.2 Å². The van der Waals surface area contributed by atoms with Crippen molar-refractivity contribution >= 4 is 17.5 Å². The Balaban J connectivity index is 2.10. The minimum Gasteiger partial charge on any atom is -0.339 e. The zero-order chi connectivity index (χ0) is 16.8. The number of nitriles is 1. The summed E-state index contributed by atoms with van der Waals surface area (Å²) in [6, 6.07) is 8.92. The van der Waals surface area contributed by atoms with E-state index in [0.29, 0.717) is 24.3 Å². The molecule has 122 valence electrons. The SMILES string of the molecule is CCN1CCN(C(=O)CN(C(C)=O)c2ccccc2C#N)CC1. The van der Waals surface area contributed by atoms with Gasteiger partial charge in [-0.15, -0.1) is 0 Å². The first kappa shape index (κ1) is 17.0. The maximum absolute atomic E-state index is 12.5. The quantitative estimate of drug-likeness (QED) is 0.834. The molecule has 0 spiro atoms. The lowest BCUT2D eigenvalue weighted by atomic mass is 10.1. The number of carbonyl (C=O) groups excluding carboxylic acids is 2. The van der Waals surface area contributed by atoms with Gasteiger partial charge in [0.05, 0.1) is 11.3 Å². The van der Waals surface area contributed by atoms with Gasteiger partial charge in [0.25, 0.3) is 0 Å². The fraction of sp³-hybridized carbons (Fsp3) is 0.471. The Morgan fingerprint density at radius 2 is 1.87 bits per heavy atom. The summed E-state index contributed by atoms with van der Waals surface area (Å²) in [5.41, 5.74) is 0.884. The molecule has 0 unspecified atom stereocenters. The number of benzene rings is 1. The van der Waals surface area contributed by atoms with Crippen molar-refractivity contribution in [1.82, 2.24) is 9.80 Å². The minimum atomic E-state index is -0.242. The number of hydrogen-bond acceptors (Lipinski definition) is 4. The van der Waals surface area contributed by atoms with Crippen LogP contribution in [0.25, 0.3) is 0 Å². The van der Waals surface area contributed by atoms with Gasteiger partial charge in [-0.25, -0.2) is 0 Å². The van der Waals surface area contributed by atoms with E-state index in [1.807, 2.05) is 0 Å². The molecule has 2 amide bonds. The second kappa shape index (κ2) is 7.75. The second-order valence-electron chi connectivity index (χ2n) is 5.55. The van der Waals surface area contributed by atoms with Crippen LogP contribution in [0.1, 0.15) is 19.4 Å². The van der Waals surface area contributed by atoms with Gasteiger partial charge < -0.3 is 14.7 Å². The van der Waals surface area contributed by atoms with Crippen LogP contribution in [-0.4, -0.2) is 60.9 Å². The standard InChI is InChI=1S/C17H22N4O2/c1-3-19-8-10-20(11-9-19)17(23)13-21(14(2)22)16-7-5-4-6-15(16)12-18/h4-7H,3,8-11,13H2,1-2H3. The molecule has 1 saturated heterocycles. The molecule has 0 N–H and O–H groups in total. The van der Waals surface area contributed by atoms with Crippen LogP contribution in [0.15, 0.2) is 24.3 Å². The lowest BCUT2D eigenvalue weighted by Crippen LogP contribution is -2.51. The summed E-state index contributed by atoms with van der Waals surface area (Å²) >= 11 is 0. The van der Waals surface area contributed by atoms with Crippen LogP contribution in [0.3, 0.4) is 0 Å². The van der Waals surface area contributed by atoms with E-state index in [1.165, 1.54) is 11.8 Å². The lowest BCUT2D eigenvalue weighted by Gasteiger charge is -2.35. The summed E-state index contributed by atoms with van der Waals surface area (Å²) in [5, 5.41) is 9.20. The smallest absolute Gasteiger partial charge is 0.242 e. The average Bonchev–Trinajstić information content (AvgIpc) is 2.59. The van der Waals surface area contributed by atoms with Gasteiger partial charge in [-0.3, -0.25) is 9.59 Å². The topological polar surface area (TPSA) is 67.7 Å². The van der Waals surface area contributed by atoms with E-state index < -0.39 is 0 Å². The lowest BCUT2D eigenvalue weighted by molar-refractivity contribution is -0.132. The van der Waals surface area contributed by atoms with Gasteiger partial charge in [0, 0.05) is 33.1 Å². The highest BCUT2D eigenvalue weighted by atomic mass is 16.2. The molecule has 1 aromatic rings. The van der Waals surface area contributed by atoms with Gasteiger partial charge >= 0.3 is 0 Å². The highest BCUT2D eigenvalue weighted by Crippen LogP contribution is 2.20. The minimum absolute atomic E-state index is 0.0276. The fourth-order valence-electron chi connectivity index (χ4n) is 2.72. The second-order valence-corrected chi connectivity index (χ2v) is 5.55. The summed E-state index contributed by atoms with van der Waals surface area (Å²) < 4.78 is 0. The first-order valence-corrected chi connectivity index (χ1v) is 7.84. The summed E-state index contributed by atoms with van der Waals surface area (Å²) in [5.74, 6) is -0.322. The number of carbonyl (C=O) groups is 2. The third-order valence-electron chi connectivity index (χ3n) is 4.16. The molecule has 0 radical (unpaired) electrons. The first-order chi connectivity index (χ1) is 11.1. The van der Waals surface area contributed by atoms with Crippen LogP contribution in [0.4, 0.5) is 5.69 Å². The van der Waals surface area contributed by atoms with E-state index in [9.17, 15) is 14.9 Å². The van der Waals surface area contributed by atoms with E-state index in [1.54, 1.807) is 29.2 Å². The average molecular weight is 314 g/mol. The monoisotopic (exact) mass is 314 g/mol. The van der Waals surface area contributed by atoms with E-state index in [-0.39, 0.29) is 18.4 Å². The van der Waals surface area contributed by atoms with Crippen molar-refractivity contribution in [3.63, 3.8) is 0 Å². The molecule has 1 fully saturated rings. The number of para-hydroxylation sites is 1. The van der Waals surface area contributed by atoms with E-state index in [4.69, 9.17) is 0 Å². The van der Waals surface area contributed by atoms with Crippen molar-refractivity contribution in [3.05, 3.63) is 29.8 Å². The molecule has 0 bridgehead atoms. The number of hydrogen-bond donors (Lipinski definition) is 0. The van der Waals surface area contributed by atoms with Crippen LogP contribution in [0, 0.1) is 11.3 Å². The normalized spacial score (nSPS) is 15.1. The zero-order valence-electron chi connectivity index (χ0n) is 13.7. The fourth-order valence-corrected chi connectivity index (χ4v) is 2.72. The third kappa shape index (κ3) is 4.08. The number of anilines is 1. The van der Waals surface area contributed by atoms with Crippen LogP contribution < -0.4 is 4.90 Å². The van der Waals surface area contributed by atoms with Crippen molar-refractivity contribution in [3.8, 4) is 6.07 Å². The number of likely N-dealkylation sites (N-methyl/N-ethyl adjacent to an activating group) is 1. The van der Waals surface area contributed by atoms with E-state index in [0.717, 1.165) is 19.6 Å². The van der Waals surface area contributed by atoms with Gasteiger partial charge in [-0.05, 0) is 18.7 Å². The highest BCUT2D eigenvalue weighted by Gasteiger charge is 2.24. The molecule has 0 saturated carbocycles. The Labute approximate surface area is 136 Å². The molecular formula is C17H22N4O2. The first-order valence-electron chi connectivity index (χ1n) is 7.84. The Bertz CT molecular complexity index is 615. The van der Waals surface area contributed by atoms with Crippen LogP contribution in [-0.2, 0) is 9.59 Å². The molecular weight excluding hydrogens is 292 g/mol. The Hall–Kier alpha value is -2.39. The summed E-state index contributed by atoms with van der Waals surface area (Å²) in [4.78, 5) is 29.9. The predicted octanol–water partition coefficient (Wildman–Crippen LogP) is 1.08. The van der Waals surface area contributed by atoms with Gasteiger partial charge in [0.2, 0.25) is 11.8 Å². The molecule has 0 aromatic heterocycles. The van der Waals surface area contributed by atoms with Crippen molar-refractivity contribution < 1.29 is 9.59 Å². The van der Waals surface area contributed by atoms with Gasteiger partial charge in [0.1, 0.15) is 12.6 Å². The number of amides is 2. The molecule has 6 heteroatoms. The van der Waals surface area contributed by atoms with Gasteiger partial charge in [-0.2, -0.15) is 5.26 Å². The summed E-state index contributed by atoms with van der Waals surface area (Å²) in [6.45, 7) is 7.55. The number of nitrogens with zero attached hydrogens (tertiary/aromatic N) is 4. The molecule has 1 heterocycles. The van der Waals surface area contributed by atoms with Gasteiger partial charge in [-0.1, -0.05) is 19.1 Å². The van der Waals surface area contributed by atoms with Crippen LogP contribution in [0.2, 0.25) is 0 Å². The Morgan fingerprint density at radius 3 is 2.43 bits per heavy atom. The Morgan fingerprint density at radius 1 is 1.22 bits per heavy atom. The molecule has 1 aliphatic heterocycles. The van der Waals surface area contributed by atoms with E-state index in [2.05, 4.69) is 17.9 Å². The van der Waals surface area contributed by atoms with E-state index >= 15 is 0 Å². The molecule has 0 atom stereocenters. The third-order valence-corrected chi connectivity index (χ3v) is 4.16. The molecule has 2 rings (SSSR count). The Kier molecular flexibility index (Phi) is 5.72.